The van der Waals surface area contributed by atoms with Crippen LogP contribution in [-0.4, -0.2) is 26.8 Å². The Balaban J connectivity index is 1.61. The molecule has 2 aromatic heterocycles. The molecule has 0 aliphatic rings. The summed E-state index contributed by atoms with van der Waals surface area (Å²) in [6.07, 6.45) is 5.48. The highest BCUT2D eigenvalue weighted by Gasteiger charge is 2.20. The molecule has 2 heterocycles. The highest BCUT2D eigenvalue weighted by atomic mass is 16.1. The predicted octanol–water partition coefficient (Wildman–Crippen LogP) is 4.50. The van der Waals surface area contributed by atoms with Crippen LogP contribution in [0.25, 0.3) is 11.5 Å². The normalized spacial score (nSPS) is 11.9. The van der Waals surface area contributed by atoms with E-state index in [-0.39, 0.29) is 11.8 Å². The minimum Gasteiger partial charge on any atom is -0.351 e. The van der Waals surface area contributed by atoms with Crippen molar-refractivity contribution in [2.24, 2.45) is 0 Å². The van der Waals surface area contributed by atoms with Crippen LogP contribution in [0.1, 0.15) is 34.3 Å². The van der Waals surface area contributed by atoms with Crippen LogP contribution < -0.4 is 5.32 Å². The SMILES string of the molecule is Cc1ccc(-n2ncc(C(=O)NCC(C)c3ccccc3)c2-n2cccc2)cc1. The van der Waals surface area contributed by atoms with Gasteiger partial charge in [-0.3, -0.25) is 4.79 Å². The average Bonchev–Trinajstić information content (AvgIpc) is 3.42. The first-order chi connectivity index (χ1) is 14.1. The van der Waals surface area contributed by atoms with Gasteiger partial charge in [0.25, 0.3) is 5.91 Å². The van der Waals surface area contributed by atoms with Crippen molar-refractivity contribution in [3.63, 3.8) is 0 Å². The van der Waals surface area contributed by atoms with Gasteiger partial charge in [-0.05, 0) is 42.7 Å². The van der Waals surface area contributed by atoms with Gasteiger partial charge in [0.2, 0.25) is 0 Å². The third-order valence-corrected chi connectivity index (χ3v) is 5.05. The molecule has 4 rings (SSSR count). The molecular formula is C24H24N4O. The summed E-state index contributed by atoms with van der Waals surface area (Å²) < 4.78 is 3.72. The van der Waals surface area contributed by atoms with E-state index in [1.807, 2.05) is 78.5 Å². The first-order valence-corrected chi connectivity index (χ1v) is 9.75. The van der Waals surface area contributed by atoms with Crippen molar-refractivity contribution in [2.75, 3.05) is 6.54 Å². The maximum absolute atomic E-state index is 13.0. The number of carbonyl (C=O) groups is 1. The third-order valence-electron chi connectivity index (χ3n) is 5.05. The number of aromatic nitrogens is 3. The van der Waals surface area contributed by atoms with Gasteiger partial charge < -0.3 is 9.88 Å². The summed E-state index contributed by atoms with van der Waals surface area (Å²) in [6, 6.07) is 22.2. The molecule has 0 radical (unpaired) electrons. The molecule has 2 aromatic carbocycles. The van der Waals surface area contributed by atoms with Crippen LogP contribution in [0.4, 0.5) is 0 Å². The van der Waals surface area contributed by atoms with Gasteiger partial charge in [-0.2, -0.15) is 5.10 Å². The predicted molar refractivity (Wildman–Crippen MR) is 115 cm³/mol. The first kappa shape index (κ1) is 18.7. The zero-order valence-corrected chi connectivity index (χ0v) is 16.6. The number of hydrogen-bond donors (Lipinski definition) is 1. The van der Waals surface area contributed by atoms with E-state index in [2.05, 4.69) is 29.5 Å². The van der Waals surface area contributed by atoms with Gasteiger partial charge in [0, 0.05) is 18.9 Å². The van der Waals surface area contributed by atoms with Crippen molar-refractivity contribution in [3.8, 4) is 11.5 Å². The molecule has 0 saturated carbocycles. The van der Waals surface area contributed by atoms with Crippen LogP contribution in [0.15, 0.2) is 85.3 Å². The maximum Gasteiger partial charge on any atom is 0.256 e. The molecule has 146 valence electrons. The molecule has 0 aliphatic carbocycles. The summed E-state index contributed by atoms with van der Waals surface area (Å²) in [5.41, 5.74) is 3.84. The van der Waals surface area contributed by atoms with E-state index in [1.165, 1.54) is 11.1 Å². The summed E-state index contributed by atoms with van der Waals surface area (Å²) in [4.78, 5) is 13.0. The van der Waals surface area contributed by atoms with Crippen molar-refractivity contribution in [1.29, 1.82) is 0 Å². The highest BCUT2D eigenvalue weighted by Crippen LogP contribution is 2.21. The summed E-state index contributed by atoms with van der Waals surface area (Å²) in [7, 11) is 0. The number of carbonyl (C=O) groups excluding carboxylic acids is 1. The largest absolute Gasteiger partial charge is 0.351 e. The van der Waals surface area contributed by atoms with Gasteiger partial charge in [-0.1, -0.05) is 55.0 Å². The Labute approximate surface area is 170 Å². The molecule has 0 fully saturated rings. The summed E-state index contributed by atoms with van der Waals surface area (Å²) in [6.45, 7) is 4.72. The lowest BCUT2D eigenvalue weighted by Crippen LogP contribution is -2.28. The van der Waals surface area contributed by atoms with Crippen LogP contribution in [0.5, 0.6) is 0 Å². The minimum absolute atomic E-state index is 0.130. The lowest BCUT2D eigenvalue weighted by atomic mass is 10.0. The van der Waals surface area contributed by atoms with E-state index in [0.29, 0.717) is 12.1 Å². The molecule has 0 spiro atoms. The topological polar surface area (TPSA) is 51.9 Å². The van der Waals surface area contributed by atoms with E-state index in [1.54, 1.807) is 10.9 Å². The number of rotatable bonds is 6. The fraction of sp³-hybridized carbons (Fsp3) is 0.167. The molecule has 0 bridgehead atoms. The quantitative estimate of drug-likeness (QED) is 0.532. The smallest absolute Gasteiger partial charge is 0.256 e. The molecule has 1 atom stereocenters. The first-order valence-electron chi connectivity index (χ1n) is 9.75. The summed E-state index contributed by atoms with van der Waals surface area (Å²) in [5.74, 6) is 0.820. The molecule has 29 heavy (non-hydrogen) atoms. The maximum atomic E-state index is 13.0. The Bertz CT molecular complexity index is 1080. The Morgan fingerprint density at radius 3 is 2.38 bits per heavy atom. The van der Waals surface area contributed by atoms with Crippen molar-refractivity contribution >= 4 is 5.91 Å². The Morgan fingerprint density at radius 1 is 1.00 bits per heavy atom. The zero-order chi connectivity index (χ0) is 20.2. The zero-order valence-electron chi connectivity index (χ0n) is 16.6. The van der Waals surface area contributed by atoms with Crippen LogP contribution >= 0.6 is 0 Å². The van der Waals surface area contributed by atoms with Crippen molar-refractivity contribution < 1.29 is 4.79 Å². The van der Waals surface area contributed by atoms with Gasteiger partial charge >= 0.3 is 0 Å². The number of nitrogens with one attached hydrogen (secondary N) is 1. The van der Waals surface area contributed by atoms with Gasteiger partial charge in [-0.15, -0.1) is 0 Å². The number of amides is 1. The van der Waals surface area contributed by atoms with Crippen LogP contribution in [0, 0.1) is 6.92 Å². The fourth-order valence-corrected chi connectivity index (χ4v) is 3.34. The molecule has 0 saturated heterocycles. The van der Waals surface area contributed by atoms with E-state index in [4.69, 9.17) is 0 Å². The van der Waals surface area contributed by atoms with Gasteiger partial charge in [0.15, 0.2) is 5.82 Å². The molecule has 1 N–H and O–H groups in total. The Kier molecular flexibility index (Phi) is 5.29. The number of hydrogen-bond acceptors (Lipinski definition) is 2. The lowest BCUT2D eigenvalue weighted by Gasteiger charge is -2.14. The molecule has 1 amide bonds. The van der Waals surface area contributed by atoms with Crippen LogP contribution in [0.3, 0.4) is 0 Å². The lowest BCUT2D eigenvalue weighted by molar-refractivity contribution is 0.0951. The number of benzene rings is 2. The van der Waals surface area contributed by atoms with Gasteiger partial charge in [-0.25, -0.2) is 4.68 Å². The second kappa shape index (κ2) is 8.19. The Hall–Kier alpha value is -3.60. The van der Waals surface area contributed by atoms with Crippen molar-refractivity contribution in [3.05, 3.63) is 102 Å². The van der Waals surface area contributed by atoms with E-state index >= 15 is 0 Å². The van der Waals surface area contributed by atoms with E-state index in [9.17, 15) is 4.79 Å². The third kappa shape index (κ3) is 3.99. The molecular weight excluding hydrogens is 360 g/mol. The Morgan fingerprint density at radius 2 is 1.69 bits per heavy atom. The average molecular weight is 384 g/mol. The van der Waals surface area contributed by atoms with Gasteiger partial charge in [0.05, 0.1) is 11.9 Å². The molecule has 5 heteroatoms. The van der Waals surface area contributed by atoms with E-state index in [0.717, 1.165) is 11.5 Å². The van der Waals surface area contributed by atoms with Gasteiger partial charge in [0.1, 0.15) is 5.56 Å². The second-order valence-electron chi connectivity index (χ2n) is 7.24. The number of nitrogens with zero attached hydrogens (tertiary/aromatic N) is 3. The van der Waals surface area contributed by atoms with Crippen molar-refractivity contribution in [1.82, 2.24) is 19.7 Å². The highest BCUT2D eigenvalue weighted by molar-refractivity contribution is 5.97. The van der Waals surface area contributed by atoms with Crippen LogP contribution in [0.2, 0.25) is 0 Å². The molecule has 0 aliphatic heterocycles. The van der Waals surface area contributed by atoms with Crippen LogP contribution in [-0.2, 0) is 0 Å². The van der Waals surface area contributed by atoms with Crippen molar-refractivity contribution in [2.45, 2.75) is 19.8 Å². The molecule has 1 unspecified atom stereocenters. The standard InChI is InChI=1S/C24H24N4O/c1-18-10-12-21(13-11-18)28-24(27-14-6-7-15-27)22(17-26-28)23(29)25-16-19(2)20-8-4-3-5-9-20/h3-15,17,19H,16H2,1-2H3,(H,25,29). The minimum atomic E-state index is -0.130. The second-order valence-corrected chi connectivity index (χ2v) is 7.24. The summed E-state index contributed by atoms with van der Waals surface area (Å²) >= 11 is 0. The molecule has 5 nitrogen and oxygen atoms in total. The van der Waals surface area contributed by atoms with E-state index < -0.39 is 0 Å². The fourth-order valence-electron chi connectivity index (χ4n) is 3.34. The molecule has 4 aromatic rings. The summed E-state index contributed by atoms with van der Waals surface area (Å²) in [5, 5.41) is 7.58. The number of aryl methyl sites for hydroxylation is 1. The monoisotopic (exact) mass is 384 g/mol.